The number of benzene rings is 1. The molecule has 0 fully saturated rings. The molecule has 0 aliphatic heterocycles. The summed E-state index contributed by atoms with van der Waals surface area (Å²) in [5.41, 5.74) is 0.463. The molecular formula is C7H7O3S2. The normalized spacial score (nSPS) is 11.5. The van der Waals surface area contributed by atoms with Crippen molar-refractivity contribution in [3.8, 4) is 0 Å². The Kier molecular flexibility index (Phi) is 2.36. The maximum absolute atomic E-state index is 10.7. The molecule has 1 N–H and O–H groups in total. The Morgan fingerprint density at radius 3 is 2.42 bits per heavy atom. The summed E-state index contributed by atoms with van der Waals surface area (Å²) in [6.07, 6.45) is 0. The fourth-order valence-electron chi connectivity index (χ4n) is 0.911. The lowest BCUT2D eigenvalue weighted by Gasteiger charge is -2.01. The lowest BCUT2D eigenvalue weighted by atomic mass is 10.2. The minimum Gasteiger partial charge on any atom is -0.282 e. The van der Waals surface area contributed by atoms with Gasteiger partial charge >= 0.3 is 0 Å². The third-order valence-corrected chi connectivity index (χ3v) is 2.69. The summed E-state index contributed by atoms with van der Waals surface area (Å²) < 4.78 is 30.1. The molecule has 5 heteroatoms. The van der Waals surface area contributed by atoms with Crippen LogP contribution in [0.3, 0.4) is 0 Å². The third kappa shape index (κ3) is 1.94. The molecule has 65 valence electrons. The lowest BCUT2D eigenvalue weighted by molar-refractivity contribution is 0.482. The number of hydrogen-bond donors (Lipinski definition) is 1. The molecule has 0 aliphatic carbocycles. The van der Waals surface area contributed by atoms with Gasteiger partial charge in [-0.15, -0.1) is 0 Å². The largest absolute Gasteiger partial charge is 0.294 e. The van der Waals surface area contributed by atoms with Crippen LogP contribution in [-0.4, -0.2) is 13.0 Å². The summed E-state index contributed by atoms with van der Waals surface area (Å²) in [4.78, 5) is 0.469. The Labute approximate surface area is 76.6 Å². The maximum Gasteiger partial charge on any atom is 0.294 e. The van der Waals surface area contributed by atoms with E-state index in [4.69, 9.17) is 17.2 Å². The van der Waals surface area contributed by atoms with Crippen LogP contribution in [-0.2, 0) is 10.1 Å². The fourth-order valence-corrected chi connectivity index (χ4v) is 1.86. The third-order valence-electron chi connectivity index (χ3n) is 1.42. The summed E-state index contributed by atoms with van der Waals surface area (Å²) in [6, 6.07) is 4.29. The molecule has 1 aromatic carbocycles. The van der Waals surface area contributed by atoms with E-state index in [-0.39, 0.29) is 4.90 Å². The average molecular weight is 203 g/mol. The van der Waals surface area contributed by atoms with Crippen LogP contribution in [0.4, 0.5) is 0 Å². The highest BCUT2D eigenvalue weighted by Crippen LogP contribution is 2.17. The highest BCUT2D eigenvalue weighted by Gasteiger charge is 2.11. The van der Waals surface area contributed by atoms with Crippen molar-refractivity contribution < 1.29 is 13.0 Å². The Bertz CT molecular complexity index is 395. The first-order valence-electron chi connectivity index (χ1n) is 3.16. The lowest BCUT2D eigenvalue weighted by Crippen LogP contribution is -2.00. The van der Waals surface area contributed by atoms with E-state index in [1.807, 2.05) is 0 Å². The highest BCUT2D eigenvalue weighted by molar-refractivity contribution is 7.86. The van der Waals surface area contributed by atoms with Crippen molar-refractivity contribution in [2.75, 3.05) is 0 Å². The monoisotopic (exact) mass is 203 g/mol. The fraction of sp³-hybridized carbons (Fsp3) is 0.143. The van der Waals surface area contributed by atoms with Gasteiger partial charge in [0.25, 0.3) is 10.1 Å². The van der Waals surface area contributed by atoms with E-state index in [9.17, 15) is 8.42 Å². The van der Waals surface area contributed by atoms with E-state index in [0.29, 0.717) is 10.5 Å². The van der Waals surface area contributed by atoms with Gasteiger partial charge in [-0.1, -0.05) is 12.6 Å². The van der Waals surface area contributed by atoms with Crippen LogP contribution in [0.5, 0.6) is 0 Å². The van der Waals surface area contributed by atoms with Crippen LogP contribution in [0.1, 0.15) is 5.56 Å². The van der Waals surface area contributed by atoms with Gasteiger partial charge in [0.15, 0.2) is 0 Å². The minimum absolute atomic E-state index is 0.0869. The highest BCUT2D eigenvalue weighted by atomic mass is 32.2. The van der Waals surface area contributed by atoms with Crippen molar-refractivity contribution in [3.05, 3.63) is 23.8 Å². The molecule has 0 aliphatic rings. The van der Waals surface area contributed by atoms with Crippen LogP contribution in [0, 0.1) is 6.92 Å². The minimum atomic E-state index is -4.10. The van der Waals surface area contributed by atoms with Gasteiger partial charge in [-0.2, -0.15) is 8.42 Å². The van der Waals surface area contributed by atoms with Crippen molar-refractivity contribution in [2.45, 2.75) is 16.7 Å². The van der Waals surface area contributed by atoms with Crippen LogP contribution >= 0.6 is 12.6 Å². The smallest absolute Gasteiger partial charge is 0.282 e. The van der Waals surface area contributed by atoms with Gasteiger partial charge in [0, 0.05) is 4.90 Å². The van der Waals surface area contributed by atoms with Crippen molar-refractivity contribution in [2.24, 2.45) is 0 Å². The zero-order valence-electron chi connectivity index (χ0n) is 6.31. The second-order valence-corrected chi connectivity index (χ2v) is 4.26. The number of rotatable bonds is 1. The van der Waals surface area contributed by atoms with E-state index in [1.165, 1.54) is 18.2 Å². The zero-order valence-corrected chi connectivity index (χ0v) is 7.95. The van der Waals surface area contributed by atoms with Gasteiger partial charge in [0.2, 0.25) is 0 Å². The first kappa shape index (κ1) is 9.44. The summed E-state index contributed by atoms with van der Waals surface area (Å²) in [5.74, 6) is 0. The first-order valence-corrected chi connectivity index (χ1v) is 5.01. The molecule has 0 unspecified atom stereocenters. The van der Waals surface area contributed by atoms with Gasteiger partial charge in [-0.3, -0.25) is 4.55 Å². The molecule has 0 heterocycles. The van der Waals surface area contributed by atoms with Crippen molar-refractivity contribution >= 4 is 22.7 Å². The average Bonchev–Trinajstić information content (AvgIpc) is 1.83. The molecule has 1 aromatic rings. The second kappa shape index (κ2) is 3.01. The molecule has 1 rings (SSSR count). The standard InChI is InChI=1S/C7H7O3S2/c1-5-4-6(11)2-3-7(5)12(8,9)10/h2-4H,1H3,(H,8,9,10). The number of hydrogen-bond acceptors (Lipinski definition) is 2. The molecule has 0 saturated heterocycles. The summed E-state index contributed by atoms with van der Waals surface area (Å²) in [6.45, 7) is 1.58. The summed E-state index contributed by atoms with van der Waals surface area (Å²) in [5, 5.41) is 0. The van der Waals surface area contributed by atoms with Crippen LogP contribution in [0.25, 0.3) is 0 Å². The Morgan fingerprint density at radius 1 is 1.42 bits per heavy atom. The topological polar surface area (TPSA) is 54.4 Å². The summed E-state index contributed by atoms with van der Waals surface area (Å²) in [7, 11) is -4.10. The van der Waals surface area contributed by atoms with Crippen molar-refractivity contribution in [1.29, 1.82) is 0 Å². The second-order valence-electron chi connectivity index (χ2n) is 2.40. The molecule has 0 spiro atoms. The zero-order chi connectivity index (χ0) is 9.35. The maximum atomic E-state index is 10.7. The Hall–Kier alpha value is -0.650. The van der Waals surface area contributed by atoms with Crippen molar-refractivity contribution in [3.63, 3.8) is 0 Å². The quantitative estimate of drug-likeness (QED) is 0.708. The summed E-state index contributed by atoms with van der Waals surface area (Å²) >= 11 is 4.81. The molecule has 0 amide bonds. The van der Waals surface area contributed by atoms with Crippen LogP contribution in [0.2, 0.25) is 0 Å². The van der Waals surface area contributed by atoms with Gasteiger partial charge in [0.05, 0.1) is 4.90 Å². The van der Waals surface area contributed by atoms with Gasteiger partial charge in [-0.25, -0.2) is 0 Å². The molecule has 0 atom stereocenters. The molecule has 12 heavy (non-hydrogen) atoms. The van der Waals surface area contributed by atoms with Gasteiger partial charge in [-0.05, 0) is 30.7 Å². The van der Waals surface area contributed by atoms with Gasteiger partial charge < -0.3 is 0 Å². The van der Waals surface area contributed by atoms with E-state index < -0.39 is 10.1 Å². The molecule has 1 radical (unpaired) electrons. The Balaban J connectivity index is 3.39. The van der Waals surface area contributed by atoms with Crippen LogP contribution < -0.4 is 0 Å². The van der Waals surface area contributed by atoms with Crippen LogP contribution in [0.15, 0.2) is 28.0 Å². The van der Waals surface area contributed by atoms with Gasteiger partial charge in [0.1, 0.15) is 0 Å². The molecule has 3 nitrogen and oxygen atoms in total. The van der Waals surface area contributed by atoms with E-state index >= 15 is 0 Å². The number of aryl methyl sites for hydroxylation is 1. The predicted octanol–water partition coefficient (Wildman–Crippen LogP) is 1.80. The first-order chi connectivity index (χ1) is 5.41. The van der Waals surface area contributed by atoms with Crippen molar-refractivity contribution in [1.82, 2.24) is 0 Å². The molecule has 0 bridgehead atoms. The van der Waals surface area contributed by atoms with E-state index in [0.717, 1.165) is 0 Å². The molecule has 0 saturated carbocycles. The molecular weight excluding hydrogens is 196 g/mol. The van der Waals surface area contributed by atoms with E-state index in [2.05, 4.69) is 0 Å². The SMILES string of the molecule is Cc1cc([S])ccc1S(=O)(=O)O. The molecule has 0 aromatic heterocycles. The van der Waals surface area contributed by atoms with E-state index in [1.54, 1.807) is 6.92 Å². The predicted molar refractivity (Wildman–Crippen MR) is 46.9 cm³/mol. The Morgan fingerprint density at radius 2 is 2.00 bits per heavy atom.